The molecule has 0 bridgehead atoms. The second kappa shape index (κ2) is 4.14. The molecule has 0 aliphatic carbocycles. The number of hydrogen-bond donors (Lipinski definition) is 0. The van der Waals surface area contributed by atoms with Gasteiger partial charge in [0.25, 0.3) is 0 Å². The highest BCUT2D eigenvalue weighted by atomic mass is 79.9. The zero-order chi connectivity index (χ0) is 10.8. The van der Waals surface area contributed by atoms with Crippen molar-refractivity contribution in [1.29, 1.82) is 0 Å². The Morgan fingerprint density at radius 3 is 2.87 bits per heavy atom. The van der Waals surface area contributed by atoms with Gasteiger partial charge in [0.05, 0.1) is 18.4 Å². The molecule has 1 heterocycles. The number of carbonyl (C=O) groups excluding carboxylic acids is 1. The second-order valence-corrected chi connectivity index (χ2v) is 4.13. The lowest BCUT2D eigenvalue weighted by Gasteiger charge is -2.02. The van der Waals surface area contributed by atoms with Crippen molar-refractivity contribution in [2.75, 3.05) is 6.61 Å². The summed E-state index contributed by atoms with van der Waals surface area (Å²) < 4.78 is 19.0. The Labute approximate surface area is 94.9 Å². The molecular weight excluding hydrogens is 263 g/mol. The van der Waals surface area contributed by atoms with E-state index in [1.165, 1.54) is 18.4 Å². The number of rotatable bonds is 2. The summed E-state index contributed by atoms with van der Waals surface area (Å²) in [5.41, 5.74) is 0.617. The lowest BCUT2D eigenvalue weighted by molar-refractivity contribution is 0.102. The topological polar surface area (TPSA) is 26.3 Å². The van der Waals surface area contributed by atoms with Crippen LogP contribution in [0.25, 0.3) is 0 Å². The van der Waals surface area contributed by atoms with Crippen LogP contribution in [0.1, 0.15) is 16.8 Å². The van der Waals surface area contributed by atoms with Crippen LogP contribution in [0.3, 0.4) is 0 Å². The number of carbonyl (C=O) groups is 1. The van der Waals surface area contributed by atoms with Crippen molar-refractivity contribution in [2.24, 2.45) is 0 Å². The van der Waals surface area contributed by atoms with Crippen LogP contribution < -0.4 is 0 Å². The summed E-state index contributed by atoms with van der Waals surface area (Å²) in [6.07, 6.45) is 1.96. The monoisotopic (exact) mass is 270 g/mol. The molecule has 1 aromatic carbocycles. The van der Waals surface area contributed by atoms with Gasteiger partial charge in [0.15, 0.2) is 5.78 Å². The fraction of sp³-hybridized carbons (Fsp3) is 0.182. The van der Waals surface area contributed by atoms with Crippen molar-refractivity contribution in [1.82, 2.24) is 0 Å². The summed E-state index contributed by atoms with van der Waals surface area (Å²) in [4.78, 5) is 11.8. The van der Waals surface area contributed by atoms with Crippen LogP contribution in [0.4, 0.5) is 4.39 Å². The highest BCUT2D eigenvalue weighted by Crippen LogP contribution is 2.21. The molecule has 0 atom stereocenters. The maximum atomic E-state index is 13.4. The molecule has 0 amide bonds. The van der Waals surface area contributed by atoms with Crippen molar-refractivity contribution in [3.8, 4) is 0 Å². The molecule has 4 heteroatoms. The number of Topliss-reactive ketones (excluding diaryl/α,β-unsaturated/α-hetero) is 1. The van der Waals surface area contributed by atoms with Gasteiger partial charge in [-0.1, -0.05) is 15.9 Å². The number of benzene rings is 1. The SMILES string of the molecule is O=C(C1=COCC1)c1ccc(Br)cc1F. The fourth-order valence-electron chi connectivity index (χ4n) is 1.40. The van der Waals surface area contributed by atoms with Crippen molar-refractivity contribution in [3.63, 3.8) is 0 Å². The molecule has 0 fully saturated rings. The molecule has 0 saturated heterocycles. The van der Waals surface area contributed by atoms with Gasteiger partial charge < -0.3 is 4.74 Å². The maximum absolute atomic E-state index is 13.4. The molecule has 0 unspecified atom stereocenters. The highest BCUT2D eigenvalue weighted by molar-refractivity contribution is 9.10. The van der Waals surface area contributed by atoms with E-state index in [4.69, 9.17) is 4.74 Å². The van der Waals surface area contributed by atoms with Crippen LogP contribution in [0.15, 0.2) is 34.5 Å². The first-order valence-electron chi connectivity index (χ1n) is 4.49. The minimum absolute atomic E-state index is 0.0925. The van der Waals surface area contributed by atoms with Crippen molar-refractivity contribution in [2.45, 2.75) is 6.42 Å². The minimum Gasteiger partial charge on any atom is -0.500 e. The molecule has 2 nitrogen and oxygen atoms in total. The van der Waals surface area contributed by atoms with E-state index in [0.29, 0.717) is 23.1 Å². The van der Waals surface area contributed by atoms with Gasteiger partial charge in [0, 0.05) is 16.5 Å². The Kier molecular flexibility index (Phi) is 2.86. The lowest BCUT2D eigenvalue weighted by atomic mass is 10.0. The molecule has 0 saturated carbocycles. The Bertz CT molecular complexity index is 440. The van der Waals surface area contributed by atoms with Crippen molar-refractivity contribution in [3.05, 3.63) is 45.9 Å². The van der Waals surface area contributed by atoms with Gasteiger partial charge in [-0.3, -0.25) is 4.79 Å². The second-order valence-electron chi connectivity index (χ2n) is 3.22. The van der Waals surface area contributed by atoms with Crippen LogP contribution in [-0.4, -0.2) is 12.4 Å². The van der Waals surface area contributed by atoms with Crippen LogP contribution in [0.5, 0.6) is 0 Å². The van der Waals surface area contributed by atoms with E-state index in [-0.39, 0.29) is 11.3 Å². The van der Waals surface area contributed by atoms with E-state index in [9.17, 15) is 9.18 Å². The van der Waals surface area contributed by atoms with Crippen LogP contribution >= 0.6 is 15.9 Å². The Hall–Kier alpha value is -1.16. The molecule has 0 N–H and O–H groups in total. The molecule has 1 aromatic rings. The summed E-state index contributed by atoms with van der Waals surface area (Å²) in [5.74, 6) is -0.806. The zero-order valence-corrected chi connectivity index (χ0v) is 9.38. The average molecular weight is 271 g/mol. The number of ether oxygens (including phenoxy) is 1. The van der Waals surface area contributed by atoms with Crippen molar-refractivity contribution >= 4 is 21.7 Å². The molecular formula is C11H8BrFO2. The van der Waals surface area contributed by atoms with E-state index in [1.54, 1.807) is 6.07 Å². The quantitative estimate of drug-likeness (QED) is 0.773. The molecule has 1 aliphatic rings. The molecule has 78 valence electrons. The lowest BCUT2D eigenvalue weighted by Crippen LogP contribution is -2.04. The molecule has 1 aliphatic heterocycles. The van der Waals surface area contributed by atoms with E-state index >= 15 is 0 Å². The van der Waals surface area contributed by atoms with Crippen LogP contribution in [0.2, 0.25) is 0 Å². The first-order valence-corrected chi connectivity index (χ1v) is 5.28. The third-order valence-electron chi connectivity index (χ3n) is 2.18. The van der Waals surface area contributed by atoms with Crippen LogP contribution in [-0.2, 0) is 4.74 Å². The van der Waals surface area contributed by atoms with Crippen molar-refractivity contribution < 1.29 is 13.9 Å². The Balaban J connectivity index is 2.33. The van der Waals surface area contributed by atoms with Gasteiger partial charge in [-0.25, -0.2) is 4.39 Å². The summed E-state index contributed by atoms with van der Waals surface area (Å²) in [5, 5.41) is 0. The molecule has 0 radical (unpaired) electrons. The molecule has 2 rings (SSSR count). The third kappa shape index (κ3) is 2.09. The maximum Gasteiger partial charge on any atom is 0.195 e. The zero-order valence-electron chi connectivity index (χ0n) is 7.80. The van der Waals surface area contributed by atoms with Gasteiger partial charge in [0.2, 0.25) is 0 Å². The minimum atomic E-state index is -0.512. The van der Waals surface area contributed by atoms with Gasteiger partial charge >= 0.3 is 0 Å². The van der Waals surface area contributed by atoms with E-state index < -0.39 is 5.82 Å². The van der Waals surface area contributed by atoms with Gasteiger partial charge in [-0.2, -0.15) is 0 Å². The fourth-order valence-corrected chi connectivity index (χ4v) is 1.73. The summed E-state index contributed by atoms with van der Waals surface area (Å²) >= 11 is 3.14. The summed E-state index contributed by atoms with van der Waals surface area (Å²) in [6.45, 7) is 0.499. The normalized spacial score (nSPS) is 14.7. The van der Waals surface area contributed by atoms with E-state index in [2.05, 4.69) is 15.9 Å². The van der Waals surface area contributed by atoms with Gasteiger partial charge in [-0.05, 0) is 18.2 Å². The Morgan fingerprint density at radius 2 is 2.27 bits per heavy atom. The first kappa shape index (κ1) is 10.4. The number of hydrogen-bond acceptors (Lipinski definition) is 2. The predicted octanol–water partition coefficient (Wildman–Crippen LogP) is 3.08. The predicted molar refractivity (Wildman–Crippen MR) is 57.1 cm³/mol. The molecule has 0 aromatic heterocycles. The molecule has 0 spiro atoms. The summed E-state index contributed by atoms with van der Waals surface area (Å²) in [6, 6.07) is 4.40. The number of halogens is 2. The van der Waals surface area contributed by atoms with E-state index in [0.717, 1.165) is 0 Å². The number of ketones is 1. The Morgan fingerprint density at radius 1 is 1.47 bits per heavy atom. The highest BCUT2D eigenvalue weighted by Gasteiger charge is 2.19. The van der Waals surface area contributed by atoms with E-state index in [1.807, 2.05) is 0 Å². The smallest absolute Gasteiger partial charge is 0.195 e. The largest absolute Gasteiger partial charge is 0.500 e. The standard InChI is InChI=1S/C11H8BrFO2/c12-8-1-2-9(10(13)5-8)11(14)7-3-4-15-6-7/h1-2,5-6H,3-4H2. The summed E-state index contributed by atoms with van der Waals surface area (Å²) in [7, 11) is 0. The third-order valence-corrected chi connectivity index (χ3v) is 2.68. The van der Waals surface area contributed by atoms with Crippen LogP contribution in [0, 0.1) is 5.82 Å². The van der Waals surface area contributed by atoms with Gasteiger partial charge in [0.1, 0.15) is 5.82 Å². The first-order chi connectivity index (χ1) is 7.18. The molecule has 15 heavy (non-hydrogen) atoms. The average Bonchev–Trinajstić information content (AvgIpc) is 2.69. The van der Waals surface area contributed by atoms with Gasteiger partial charge in [-0.15, -0.1) is 0 Å².